The first-order valence-corrected chi connectivity index (χ1v) is 11.5. The molecule has 27 heavy (non-hydrogen) atoms. The van der Waals surface area contributed by atoms with Crippen LogP contribution in [0.4, 0.5) is 0 Å². The van der Waals surface area contributed by atoms with Crippen molar-refractivity contribution in [2.24, 2.45) is 11.8 Å². The maximum Gasteiger partial charge on any atom is 0.303 e. The molecule has 2 aliphatic rings. The lowest BCUT2D eigenvalue weighted by Gasteiger charge is -2.27. The molecule has 148 valence electrons. The van der Waals surface area contributed by atoms with Crippen molar-refractivity contribution in [3.05, 3.63) is 48.0 Å². The van der Waals surface area contributed by atoms with Crippen molar-refractivity contribution in [2.75, 3.05) is 5.75 Å². The van der Waals surface area contributed by atoms with Gasteiger partial charge in [-0.15, -0.1) is 0 Å². The largest absolute Gasteiger partial charge is 0.481 e. The molecule has 1 aromatic rings. The maximum absolute atomic E-state index is 12.5. The molecule has 0 aliphatic carbocycles. The summed E-state index contributed by atoms with van der Waals surface area (Å²) in [6, 6.07) is 10.1. The number of ether oxygens (including phenoxy) is 1. The molecule has 2 saturated heterocycles. The van der Waals surface area contributed by atoms with Crippen molar-refractivity contribution in [1.82, 2.24) is 0 Å². The fourth-order valence-electron chi connectivity index (χ4n) is 4.44. The van der Waals surface area contributed by atoms with E-state index in [4.69, 9.17) is 9.84 Å². The van der Waals surface area contributed by atoms with Crippen LogP contribution in [-0.2, 0) is 26.1 Å². The van der Waals surface area contributed by atoms with Crippen molar-refractivity contribution in [3.8, 4) is 0 Å². The highest BCUT2D eigenvalue weighted by atomic mass is 32.2. The summed E-state index contributed by atoms with van der Waals surface area (Å²) < 4.78 is 18.6. The van der Waals surface area contributed by atoms with E-state index >= 15 is 0 Å². The number of allylic oxidation sites excluding steroid dienone is 2. The van der Waals surface area contributed by atoms with Crippen LogP contribution in [0.5, 0.6) is 0 Å². The zero-order valence-corrected chi connectivity index (χ0v) is 16.6. The highest BCUT2D eigenvalue weighted by molar-refractivity contribution is 7.84. The topological polar surface area (TPSA) is 63.6 Å². The molecular weight excluding hydrogens is 360 g/mol. The average Bonchev–Trinajstić information content (AvgIpc) is 3.25. The lowest BCUT2D eigenvalue weighted by atomic mass is 9.76. The highest BCUT2D eigenvalue weighted by Crippen LogP contribution is 2.46. The van der Waals surface area contributed by atoms with Gasteiger partial charge in [-0.2, -0.15) is 0 Å². The van der Waals surface area contributed by atoms with Gasteiger partial charge in [0.2, 0.25) is 0 Å². The molecule has 1 N–H and O–H groups in total. The fraction of sp³-hybridized carbons (Fsp3) is 0.591. The van der Waals surface area contributed by atoms with Crippen LogP contribution < -0.4 is 0 Å². The maximum atomic E-state index is 12.5. The number of aliphatic carboxylic acids is 1. The van der Waals surface area contributed by atoms with Crippen LogP contribution in [0.2, 0.25) is 0 Å². The summed E-state index contributed by atoms with van der Waals surface area (Å²) in [5.74, 6) is 1.68. The number of carboxylic acids is 1. The first kappa shape index (κ1) is 20.3. The molecule has 2 bridgehead atoms. The van der Waals surface area contributed by atoms with E-state index < -0.39 is 16.8 Å². The molecule has 1 aromatic carbocycles. The fourth-order valence-corrected chi connectivity index (χ4v) is 5.68. The Hall–Kier alpha value is -1.46. The van der Waals surface area contributed by atoms with Crippen LogP contribution >= 0.6 is 0 Å². The van der Waals surface area contributed by atoms with E-state index in [-0.39, 0.29) is 6.42 Å². The Morgan fingerprint density at radius 2 is 1.89 bits per heavy atom. The summed E-state index contributed by atoms with van der Waals surface area (Å²) in [7, 11) is -0.828. The van der Waals surface area contributed by atoms with Gasteiger partial charge in [-0.25, -0.2) is 0 Å². The molecular formula is C22H30O4S. The molecule has 2 aliphatic heterocycles. The van der Waals surface area contributed by atoms with E-state index in [2.05, 4.69) is 12.2 Å². The molecule has 2 fully saturated rings. The molecule has 0 amide bonds. The van der Waals surface area contributed by atoms with Gasteiger partial charge in [-0.05, 0) is 55.9 Å². The van der Waals surface area contributed by atoms with Gasteiger partial charge in [-0.1, -0.05) is 42.5 Å². The summed E-state index contributed by atoms with van der Waals surface area (Å²) in [6.07, 6.45) is 11.0. The van der Waals surface area contributed by atoms with Gasteiger partial charge in [0.05, 0.1) is 12.2 Å². The molecule has 5 heteroatoms. The number of hydrogen-bond donors (Lipinski definition) is 1. The number of fused-ring (bicyclic) bond motifs is 2. The Labute approximate surface area is 164 Å². The second-order valence-corrected chi connectivity index (χ2v) is 9.25. The second kappa shape index (κ2) is 10.2. The lowest BCUT2D eigenvalue weighted by molar-refractivity contribution is -0.137. The summed E-state index contributed by atoms with van der Waals surface area (Å²) in [4.78, 5) is 10.5. The van der Waals surface area contributed by atoms with E-state index in [0.717, 1.165) is 43.4 Å². The molecule has 0 saturated carbocycles. The molecule has 0 spiro atoms. The molecule has 4 nitrogen and oxygen atoms in total. The van der Waals surface area contributed by atoms with Gasteiger partial charge in [0.25, 0.3) is 0 Å². The van der Waals surface area contributed by atoms with Gasteiger partial charge in [0.1, 0.15) is 0 Å². The predicted molar refractivity (Wildman–Crippen MR) is 108 cm³/mol. The standard InChI is InChI=1S/C22H30O4S/c23-22(24)11-7-2-1-6-10-18-19(21-13-12-20(18)26-21)14-15-27(25)16-17-8-4-3-5-9-17/h1,3-6,8-9,18-21H,2,7,10-16H2,(H,23,24)/b6-1-/t18-,19+,20-,21+,27?/m1/s1. The Kier molecular flexibility index (Phi) is 7.65. The number of hydrogen-bond acceptors (Lipinski definition) is 3. The smallest absolute Gasteiger partial charge is 0.303 e. The number of carboxylic acid groups (broad SMARTS) is 1. The third kappa shape index (κ3) is 6.01. The van der Waals surface area contributed by atoms with Crippen LogP contribution in [0.3, 0.4) is 0 Å². The first-order valence-electron chi connectivity index (χ1n) is 10.0. The molecule has 2 heterocycles. The summed E-state index contributed by atoms with van der Waals surface area (Å²) in [5.41, 5.74) is 1.14. The Morgan fingerprint density at radius 3 is 2.63 bits per heavy atom. The van der Waals surface area contributed by atoms with Gasteiger partial charge in [0, 0.05) is 28.7 Å². The lowest BCUT2D eigenvalue weighted by Crippen LogP contribution is -2.28. The van der Waals surface area contributed by atoms with E-state index in [1.807, 2.05) is 30.3 Å². The van der Waals surface area contributed by atoms with Gasteiger partial charge < -0.3 is 9.84 Å². The minimum absolute atomic E-state index is 0.234. The van der Waals surface area contributed by atoms with Gasteiger partial charge in [-0.3, -0.25) is 9.00 Å². The third-order valence-electron chi connectivity index (χ3n) is 5.78. The molecule has 5 atom stereocenters. The average molecular weight is 391 g/mol. The minimum Gasteiger partial charge on any atom is -0.481 e. The van der Waals surface area contributed by atoms with Crippen molar-refractivity contribution in [2.45, 2.75) is 62.9 Å². The predicted octanol–water partition coefficient (Wildman–Crippen LogP) is 4.32. The third-order valence-corrected chi connectivity index (χ3v) is 7.12. The van der Waals surface area contributed by atoms with Crippen molar-refractivity contribution in [1.29, 1.82) is 0 Å². The summed E-state index contributed by atoms with van der Waals surface area (Å²) in [6.45, 7) is 0. The quantitative estimate of drug-likeness (QED) is 0.451. The van der Waals surface area contributed by atoms with Crippen LogP contribution in [0.15, 0.2) is 42.5 Å². The van der Waals surface area contributed by atoms with E-state index in [1.54, 1.807) is 0 Å². The number of rotatable bonds is 11. The Morgan fingerprint density at radius 1 is 1.15 bits per heavy atom. The zero-order valence-electron chi connectivity index (χ0n) is 15.8. The monoisotopic (exact) mass is 390 g/mol. The SMILES string of the molecule is O=C(O)CCC/C=C\C[C@@H]1[C@H](CCS(=O)Cc2ccccc2)[C@@H]2CC[C@H]1O2. The van der Waals surface area contributed by atoms with E-state index in [1.165, 1.54) is 0 Å². The van der Waals surface area contributed by atoms with Gasteiger partial charge in [0.15, 0.2) is 0 Å². The van der Waals surface area contributed by atoms with Crippen molar-refractivity contribution in [3.63, 3.8) is 0 Å². The van der Waals surface area contributed by atoms with Gasteiger partial charge >= 0.3 is 5.97 Å². The van der Waals surface area contributed by atoms with Crippen LogP contribution in [-0.4, -0.2) is 33.2 Å². The Bertz CT molecular complexity index is 658. The number of carbonyl (C=O) groups is 1. The number of unbranched alkanes of at least 4 members (excludes halogenated alkanes) is 1. The van der Waals surface area contributed by atoms with Crippen LogP contribution in [0, 0.1) is 11.8 Å². The molecule has 0 radical (unpaired) electrons. The van der Waals surface area contributed by atoms with Crippen molar-refractivity contribution >= 4 is 16.8 Å². The first-order chi connectivity index (χ1) is 13.1. The zero-order chi connectivity index (χ0) is 19.1. The minimum atomic E-state index is -0.828. The Balaban J connectivity index is 1.44. The van der Waals surface area contributed by atoms with E-state index in [9.17, 15) is 9.00 Å². The van der Waals surface area contributed by atoms with Crippen LogP contribution in [0.25, 0.3) is 0 Å². The summed E-state index contributed by atoms with van der Waals surface area (Å²) >= 11 is 0. The molecule has 1 unspecified atom stereocenters. The molecule has 0 aromatic heterocycles. The van der Waals surface area contributed by atoms with Crippen molar-refractivity contribution < 1.29 is 18.8 Å². The van der Waals surface area contributed by atoms with Crippen LogP contribution in [0.1, 0.15) is 50.5 Å². The highest BCUT2D eigenvalue weighted by Gasteiger charge is 2.47. The number of benzene rings is 1. The summed E-state index contributed by atoms with van der Waals surface area (Å²) in [5, 5.41) is 8.68. The second-order valence-electron chi connectivity index (χ2n) is 7.67. The van der Waals surface area contributed by atoms with E-state index in [0.29, 0.717) is 36.2 Å². The normalized spacial score (nSPS) is 28.0. The molecule has 3 rings (SSSR count).